The number of nitrogen functional groups attached to an aromatic ring is 1. The number of nitrogens with two attached hydrogens (primary N) is 1. The predicted molar refractivity (Wildman–Crippen MR) is 72.9 cm³/mol. The molecule has 0 saturated carbocycles. The maximum absolute atomic E-state index is 12.7. The van der Waals surface area contributed by atoms with Gasteiger partial charge in [0.2, 0.25) is 0 Å². The van der Waals surface area contributed by atoms with Crippen LogP contribution in [0.3, 0.4) is 0 Å². The van der Waals surface area contributed by atoms with Gasteiger partial charge in [0.1, 0.15) is 17.3 Å². The minimum Gasteiger partial charge on any atom is -0.493 e. The Morgan fingerprint density at radius 3 is 1.79 bits per heavy atom. The van der Waals surface area contributed by atoms with Gasteiger partial charge in [0.05, 0.1) is 13.2 Å². The summed E-state index contributed by atoms with van der Waals surface area (Å²) in [6, 6.07) is 13.2. The van der Waals surface area contributed by atoms with Gasteiger partial charge in [0, 0.05) is 12.1 Å². The standard InChI is InChI=1S/C15H16FNO2/c16-12-2-6-14(7-3-12)18-10-1-11-19-15-8-4-13(17)5-9-15/h2-9H,1,10-11,17H2. The van der Waals surface area contributed by atoms with Crippen LogP contribution in [0.4, 0.5) is 10.1 Å². The van der Waals surface area contributed by atoms with E-state index in [9.17, 15) is 4.39 Å². The molecule has 0 radical (unpaired) electrons. The Hall–Kier alpha value is -2.23. The molecule has 0 spiro atoms. The SMILES string of the molecule is Nc1ccc(OCCCOc2ccc(F)cc2)cc1. The van der Waals surface area contributed by atoms with E-state index in [1.54, 1.807) is 24.3 Å². The fourth-order valence-electron chi connectivity index (χ4n) is 1.53. The smallest absolute Gasteiger partial charge is 0.123 e. The summed E-state index contributed by atoms with van der Waals surface area (Å²) >= 11 is 0. The van der Waals surface area contributed by atoms with Crippen LogP contribution in [0, 0.1) is 5.82 Å². The van der Waals surface area contributed by atoms with Crippen molar-refractivity contribution in [3.05, 3.63) is 54.3 Å². The topological polar surface area (TPSA) is 44.5 Å². The van der Waals surface area contributed by atoms with Gasteiger partial charge in [-0.3, -0.25) is 0 Å². The van der Waals surface area contributed by atoms with Crippen LogP contribution in [0.5, 0.6) is 11.5 Å². The summed E-state index contributed by atoms with van der Waals surface area (Å²) < 4.78 is 23.6. The van der Waals surface area contributed by atoms with Gasteiger partial charge in [0.15, 0.2) is 0 Å². The highest BCUT2D eigenvalue weighted by Crippen LogP contribution is 2.14. The molecule has 0 bridgehead atoms. The Bertz CT molecular complexity index is 449. The molecule has 0 aliphatic rings. The molecular weight excluding hydrogens is 245 g/mol. The van der Waals surface area contributed by atoms with Crippen LogP contribution in [0.25, 0.3) is 0 Å². The lowest BCUT2D eigenvalue weighted by molar-refractivity contribution is 0.247. The molecule has 2 N–H and O–H groups in total. The molecule has 0 fully saturated rings. The Kier molecular flexibility index (Phi) is 4.61. The lowest BCUT2D eigenvalue weighted by Crippen LogP contribution is -2.05. The van der Waals surface area contributed by atoms with Crippen molar-refractivity contribution >= 4 is 5.69 Å². The molecule has 19 heavy (non-hydrogen) atoms. The fraction of sp³-hybridized carbons (Fsp3) is 0.200. The molecule has 2 aromatic carbocycles. The van der Waals surface area contributed by atoms with E-state index >= 15 is 0 Å². The quantitative estimate of drug-likeness (QED) is 0.641. The van der Waals surface area contributed by atoms with Gasteiger partial charge in [-0.1, -0.05) is 0 Å². The van der Waals surface area contributed by atoms with Gasteiger partial charge < -0.3 is 15.2 Å². The third kappa shape index (κ3) is 4.50. The lowest BCUT2D eigenvalue weighted by atomic mass is 10.3. The van der Waals surface area contributed by atoms with Crippen molar-refractivity contribution in [2.24, 2.45) is 0 Å². The largest absolute Gasteiger partial charge is 0.493 e. The van der Waals surface area contributed by atoms with Crippen molar-refractivity contribution in [1.29, 1.82) is 0 Å². The molecule has 0 saturated heterocycles. The number of hydrogen-bond acceptors (Lipinski definition) is 3. The lowest BCUT2D eigenvalue weighted by Gasteiger charge is -2.08. The average molecular weight is 261 g/mol. The highest BCUT2D eigenvalue weighted by atomic mass is 19.1. The van der Waals surface area contributed by atoms with E-state index in [0.29, 0.717) is 24.7 Å². The highest BCUT2D eigenvalue weighted by Gasteiger charge is 1.96. The van der Waals surface area contributed by atoms with Crippen molar-refractivity contribution in [2.45, 2.75) is 6.42 Å². The predicted octanol–water partition coefficient (Wildman–Crippen LogP) is 3.26. The van der Waals surface area contributed by atoms with E-state index < -0.39 is 0 Å². The van der Waals surface area contributed by atoms with Crippen LogP contribution in [0.15, 0.2) is 48.5 Å². The van der Waals surface area contributed by atoms with Crippen LogP contribution in [-0.4, -0.2) is 13.2 Å². The first-order chi connectivity index (χ1) is 9.24. The third-order valence-electron chi connectivity index (χ3n) is 2.52. The van der Waals surface area contributed by atoms with Crippen molar-refractivity contribution in [2.75, 3.05) is 18.9 Å². The van der Waals surface area contributed by atoms with Gasteiger partial charge in [-0.25, -0.2) is 4.39 Å². The van der Waals surface area contributed by atoms with Crippen LogP contribution in [0.1, 0.15) is 6.42 Å². The van der Waals surface area contributed by atoms with Crippen LogP contribution >= 0.6 is 0 Å². The first-order valence-electron chi connectivity index (χ1n) is 6.11. The first kappa shape index (κ1) is 13.2. The summed E-state index contributed by atoms with van der Waals surface area (Å²) in [5, 5.41) is 0. The molecule has 0 aliphatic carbocycles. The maximum atomic E-state index is 12.7. The van der Waals surface area contributed by atoms with E-state index in [0.717, 1.165) is 12.2 Å². The number of anilines is 1. The van der Waals surface area contributed by atoms with Gasteiger partial charge in [0.25, 0.3) is 0 Å². The summed E-state index contributed by atoms with van der Waals surface area (Å²) in [6.07, 6.45) is 0.752. The molecule has 3 nitrogen and oxygen atoms in total. The Morgan fingerprint density at radius 2 is 1.26 bits per heavy atom. The normalized spacial score (nSPS) is 10.2. The molecule has 0 heterocycles. The summed E-state index contributed by atoms with van der Waals surface area (Å²) in [4.78, 5) is 0. The molecule has 0 unspecified atom stereocenters. The molecular formula is C15H16FNO2. The Morgan fingerprint density at radius 1 is 0.789 bits per heavy atom. The van der Waals surface area contributed by atoms with E-state index in [1.165, 1.54) is 12.1 Å². The highest BCUT2D eigenvalue weighted by molar-refractivity contribution is 5.41. The summed E-state index contributed by atoms with van der Waals surface area (Å²) in [7, 11) is 0. The zero-order valence-corrected chi connectivity index (χ0v) is 10.5. The number of hydrogen-bond donors (Lipinski definition) is 1. The van der Waals surface area contributed by atoms with Crippen LogP contribution in [-0.2, 0) is 0 Å². The van der Waals surface area contributed by atoms with Crippen molar-refractivity contribution < 1.29 is 13.9 Å². The molecule has 0 aromatic heterocycles. The van der Waals surface area contributed by atoms with Crippen molar-refractivity contribution in [3.63, 3.8) is 0 Å². The van der Waals surface area contributed by atoms with Gasteiger partial charge in [-0.2, -0.15) is 0 Å². The second kappa shape index (κ2) is 6.64. The molecule has 0 aliphatic heterocycles. The molecule has 4 heteroatoms. The van der Waals surface area contributed by atoms with Gasteiger partial charge in [-0.05, 0) is 48.5 Å². The van der Waals surface area contributed by atoms with Crippen molar-refractivity contribution in [3.8, 4) is 11.5 Å². The number of benzene rings is 2. The molecule has 0 atom stereocenters. The van der Waals surface area contributed by atoms with Gasteiger partial charge >= 0.3 is 0 Å². The third-order valence-corrected chi connectivity index (χ3v) is 2.52. The summed E-state index contributed by atoms with van der Waals surface area (Å²) in [5.41, 5.74) is 6.29. The van der Waals surface area contributed by atoms with Gasteiger partial charge in [-0.15, -0.1) is 0 Å². The number of rotatable bonds is 6. The average Bonchev–Trinajstić information content (AvgIpc) is 2.43. The zero-order chi connectivity index (χ0) is 13.5. The van der Waals surface area contributed by atoms with Crippen LogP contribution < -0.4 is 15.2 Å². The fourth-order valence-corrected chi connectivity index (χ4v) is 1.53. The zero-order valence-electron chi connectivity index (χ0n) is 10.5. The van der Waals surface area contributed by atoms with Crippen LogP contribution in [0.2, 0.25) is 0 Å². The number of ether oxygens (including phenoxy) is 2. The second-order valence-corrected chi connectivity index (χ2v) is 4.07. The van der Waals surface area contributed by atoms with E-state index in [2.05, 4.69) is 0 Å². The Balaban J connectivity index is 1.64. The Labute approximate surface area is 111 Å². The minimum atomic E-state index is -0.265. The molecule has 2 rings (SSSR count). The van der Waals surface area contributed by atoms with Crippen molar-refractivity contribution in [1.82, 2.24) is 0 Å². The molecule has 0 amide bonds. The van der Waals surface area contributed by atoms with E-state index in [1.807, 2.05) is 12.1 Å². The minimum absolute atomic E-state index is 0.265. The first-order valence-corrected chi connectivity index (χ1v) is 6.11. The van der Waals surface area contributed by atoms with E-state index in [-0.39, 0.29) is 5.82 Å². The molecule has 2 aromatic rings. The maximum Gasteiger partial charge on any atom is 0.123 e. The summed E-state index contributed by atoms with van der Waals surface area (Å²) in [5.74, 6) is 1.18. The second-order valence-electron chi connectivity index (χ2n) is 4.07. The van der Waals surface area contributed by atoms with E-state index in [4.69, 9.17) is 15.2 Å². The molecule has 100 valence electrons. The number of halogens is 1. The summed E-state index contributed by atoms with van der Waals surface area (Å²) in [6.45, 7) is 1.09. The monoisotopic (exact) mass is 261 g/mol.